The molecule has 0 spiro atoms. The fraction of sp³-hybridized carbons (Fsp3) is 0.200. The Kier molecular flexibility index (Phi) is 4.82. The molecule has 112 valence electrons. The summed E-state index contributed by atoms with van der Waals surface area (Å²) in [7, 11) is -0.363. The van der Waals surface area contributed by atoms with Gasteiger partial charge in [0.15, 0.2) is 0 Å². The lowest BCUT2D eigenvalue weighted by molar-refractivity contribution is 0.410. The molecule has 0 fully saturated rings. The Morgan fingerprint density at radius 2 is 1.71 bits per heavy atom. The second-order valence-corrected chi connectivity index (χ2v) is 6.28. The van der Waals surface area contributed by atoms with E-state index in [-0.39, 0.29) is 4.90 Å². The van der Waals surface area contributed by atoms with E-state index in [1.807, 2.05) is 24.3 Å². The van der Waals surface area contributed by atoms with Gasteiger partial charge in [-0.25, -0.2) is 13.1 Å². The molecule has 0 saturated carbocycles. The van der Waals surface area contributed by atoms with Crippen molar-refractivity contribution in [2.45, 2.75) is 11.4 Å². The van der Waals surface area contributed by atoms with E-state index < -0.39 is 10.0 Å². The van der Waals surface area contributed by atoms with E-state index in [0.29, 0.717) is 6.54 Å². The quantitative estimate of drug-likeness (QED) is 0.858. The largest absolute Gasteiger partial charge is 0.496 e. The van der Waals surface area contributed by atoms with Crippen molar-refractivity contribution in [2.24, 2.45) is 0 Å². The molecule has 0 atom stereocenters. The third-order valence-electron chi connectivity index (χ3n) is 3.11. The Hall–Kier alpha value is -2.05. The Labute approximate surface area is 125 Å². The Bertz CT molecular complexity index is 697. The molecule has 5 nitrogen and oxygen atoms in total. The van der Waals surface area contributed by atoms with Crippen molar-refractivity contribution in [1.82, 2.24) is 4.72 Å². The van der Waals surface area contributed by atoms with Crippen LogP contribution < -0.4 is 14.8 Å². The number of benzene rings is 2. The van der Waals surface area contributed by atoms with Gasteiger partial charge in [-0.1, -0.05) is 18.2 Å². The molecule has 0 heterocycles. The molecular formula is C15H18N2O3S. The van der Waals surface area contributed by atoms with Crippen molar-refractivity contribution in [3.63, 3.8) is 0 Å². The van der Waals surface area contributed by atoms with Crippen LogP contribution in [0.1, 0.15) is 5.56 Å². The molecule has 0 aliphatic heterocycles. The topological polar surface area (TPSA) is 67.4 Å². The average Bonchev–Trinajstić information content (AvgIpc) is 2.53. The van der Waals surface area contributed by atoms with Crippen LogP contribution in [0.4, 0.5) is 5.69 Å². The number of ether oxygens (including phenoxy) is 1. The fourth-order valence-electron chi connectivity index (χ4n) is 1.92. The molecule has 0 aromatic heterocycles. The van der Waals surface area contributed by atoms with E-state index in [2.05, 4.69) is 10.0 Å². The van der Waals surface area contributed by atoms with Crippen LogP contribution in [0.25, 0.3) is 0 Å². The van der Waals surface area contributed by atoms with Gasteiger partial charge in [0.25, 0.3) is 0 Å². The molecule has 2 N–H and O–H groups in total. The number of hydrogen-bond acceptors (Lipinski definition) is 4. The van der Waals surface area contributed by atoms with Crippen molar-refractivity contribution in [1.29, 1.82) is 0 Å². The molecule has 0 radical (unpaired) electrons. The summed E-state index contributed by atoms with van der Waals surface area (Å²) in [5.41, 5.74) is 1.88. The predicted molar refractivity (Wildman–Crippen MR) is 83.0 cm³/mol. The Morgan fingerprint density at radius 3 is 2.33 bits per heavy atom. The number of methoxy groups -OCH3 is 1. The maximum absolute atomic E-state index is 11.6. The summed E-state index contributed by atoms with van der Waals surface area (Å²) >= 11 is 0. The van der Waals surface area contributed by atoms with Gasteiger partial charge in [-0.05, 0) is 37.4 Å². The lowest BCUT2D eigenvalue weighted by atomic mass is 10.2. The smallest absolute Gasteiger partial charge is 0.240 e. The first-order chi connectivity index (χ1) is 10.1. The van der Waals surface area contributed by atoms with Crippen LogP contribution in [0.2, 0.25) is 0 Å². The molecule has 0 aliphatic rings. The van der Waals surface area contributed by atoms with E-state index in [9.17, 15) is 8.42 Å². The lowest BCUT2D eigenvalue weighted by Crippen LogP contribution is -2.18. The van der Waals surface area contributed by atoms with E-state index in [1.165, 1.54) is 7.05 Å². The highest BCUT2D eigenvalue weighted by Crippen LogP contribution is 2.19. The summed E-state index contributed by atoms with van der Waals surface area (Å²) in [6.45, 7) is 0.599. The van der Waals surface area contributed by atoms with Crippen LogP contribution in [-0.4, -0.2) is 22.6 Å². The first-order valence-corrected chi connectivity index (χ1v) is 7.94. The molecule has 0 amide bonds. The molecular weight excluding hydrogens is 288 g/mol. The highest BCUT2D eigenvalue weighted by atomic mass is 32.2. The van der Waals surface area contributed by atoms with Gasteiger partial charge in [0.2, 0.25) is 10.0 Å². The SMILES string of the molecule is CNS(=O)(=O)c1ccc(NCc2ccccc2OC)cc1. The van der Waals surface area contributed by atoms with Crippen molar-refractivity contribution < 1.29 is 13.2 Å². The van der Waals surface area contributed by atoms with Crippen molar-refractivity contribution in [2.75, 3.05) is 19.5 Å². The molecule has 0 saturated heterocycles. The summed E-state index contributed by atoms with van der Waals surface area (Å²) in [6.07, 6.45) is 0. The Morgan fingerprint density at radius 1 is 1.05 bits per heavy atom. The molecule has 0 bridgehead atoms. The summed E-state index contributed by atoms with van der Waals surface area (Å²) in [4.78, 5) is 0.243. The molecule has 0 aliphatic carbocycles. The third kappa shape index (κ3) is 3.74. The van der Waals surface area contributed by atoms with E-state index in [1.54, 1.807) is 31.4 Å². The van der Waals surface area contributed by atoms with Crippen LogP contribution in [0.3, 0.4) is 0 Å². The zero-order valence-corrected chi connectivity index (χ0v) is 12.8. The molecule has 0 unspecified atom stereocenters. The van der Waals surface area contributed by atoms with Gasteiger partial charge in [-0.3, -0.25) is 0 Å². The molecule has 6 heteroatoms. The van der Waals surface area contributed by atoms with Crippen LogP contribution in [0.15, 0.2) is 53.4 Å². The summed E-state index contributed by atoms with van der Waals surface area (Å²) < 4.78 is 30.8. The van der Waals surface area contributed by atoms with Crippen LogP contribution >= 0.6 is 0 Å². The van der Waals surface area contributed by atoms with Crippen molar-refractivity contribution in [3.8, 4) is 5.75 Å². The minimum atomic E-state index is -3.39. The maximum atomic E-state index is 11.6. The van der Waals surface area contributed by atoms with Crippen molar-refractivity contribution >= 4 is 15.7 Å². The number of hydrogen-bond donors (Lipinski definition) is 2. The van der Waals surface area contributed by atoms with E-state index >= 15 is 0 Å². The van der Waals surface area contributed by atoms with Gasteiger partial charge in [-0.15, -0.1) is 0 Å². The minimum Gasteiger partial charge on any atom is -0.496 e. The van der Waals surface area contributed by atoms with Crippen LogP contribution in [0, 0.1) is 0 Å². The van der Waals surface area contributed by atoms with E-state index in [4.69, 9.17) is 4.74 Å². The zero-order valence-electron chi connectivity index (χ0n) is 12.0. The number of nitrogens with one attached hydrogen (secondary N) is 2. The zero-order chi connectivity index (χ0) is 15.3. The maximum Gasteiger partial charge on any atom is 0.240 e. The number of anilines is 1. The monoisotopic (exact) mass is 306 g/mol. The molecule has 2 aromatic carbocycles. The molecule has 21 heavy (non-hydrogen) atoms. The normalized spacial score (nSPS) is 11.1. The predicted octanol–water partition coefficient (Wildman–Crippen LogP) is 2.22. The van der Waals surface area contributed by atoms with Gasteiger partial charge in [-0.2, -0.15) is 0 Å². The van der Waals surface area contributed by atoms with Crippen LogP contribution in [0.5, 0.6) is 5.75 Å². The second kappa shape index (κ2) is 6.60. The second-order valence-electron chi connectivity index (χ2n) is 4.40. The highest BCUT2D eigenvalue weighted by Gasteiger charge is 2.10. The summed E-state index contributed by atoms with van der Waals surface area (Å²) in [5.74, 6) is 0.819. The number of para-hydroxylation sites is 1. The van der Waals surface area contributed by atoms with E-state index in [0.717, 1.165) is 17.0 Å². The van der Waals surface area contributed by atoms with Crippen molar-refractivity contribution in [3.05, 3.63) is 54.1 Å². The standard InChI is InChI=1S/C15H18N2O3S/c1-16-21(18,19)14-9-7-13(8-10-14)17-11-12-5-3-4-6-15(12)20-2/h3-10,16-17H,11H2,1-2H3. The van der Waals surface area contributed by atoms with Gasteiger partial charge < -0.3 is 10.1 Å². The first kappa shape index (κ1) is 15.3. The lowest BCUT2D eigenvalue weighted by Gasteiger charge is -2.11. The molecule has 2 rings (SSSR count). The first-order valence-electron chi connectivity index (χ1n) is 6.46. The minimum absolute atomic E-state index is 0.243. The average molecular weight is 306 g/mol. The fourth-order valence-corrected chi connectivity index (χ4v) is 2.65. The van der Waals surface area contributed by atoms with Gasteiger partial charge in [0.1, 0.15) is 5.75 Å². The third-order valence-corrected chi connectivity index (χ3v) is 4.54. The van der Waals surface area contributed by atoms with Gasteiger partial charge >= 0.3 is 0 Å². The summed E-state index contributed by atoms with van der Waals surface area (Å²) in [5, 5.41) is 3.24. The van der Waals surface area contributed by atoms with Gasteiger partial charge in [0, 0.05) is 17.8 Å². The van der Waals surface area contributed by atoms with Gasteiger partial charge in [0.05, 0.1) is 12.0 Å². The number of sulfonamides is 1. The highest BCUT2D eigenvalue weighted by molar-refractivity contribution is 7.89. The number of rotatable bonds is 6. The van der Waals surface area contributed by atoms with Crippen LogP contribution in [-0.2, 0) is 16.6 Å². The summed E-state index contributed by atoms with van der Waals surface area (Å²) in [6, 6.07) is 14.3. The Balaban J connectivity index is 2.08. The molecule has 2 aromatic rings.